The van der Waals surface area contributed by atoms with Crippen molar-refractivity contribution in [1.29, 1.82) is 0 Å². The molecule has 1 aromatic carbocycles. The Hall–Kier alpha value is -2.60. The zero-order valence-corrected chi connectivity index (χ0v) is 11.7. The Kier molecular flexibility index (Phi) is 3.45. The number of H-pyrrole nitrogens is 1. The molecule has 108 valence electrons. The average Bonchev–Trinajstić information content (AvgIpc) is 2.92. The molecule has 6 heteroatoms. The predicted molar refractivity (Wildman–Crippen MR) is 80.6 cm³/mol. The molecule has 0 aliphatic carbocycles. The zero-order chi connectivity index (χ0) is 14.8. The van der Waals surface area contributed by atoms with E-state index in [4.69, 9.17) is 10.5 Å². The van der Waals surface area contributed by atoms with Crippen molar-refractivity contribution in [2.24, 2.45) is 5.73 Å². The van der Waals surface area contributed by atoms with E-state index in [9.17, 15) is 4.79 Å². The summed E-state index contributed by atoms with van der Waals surface area (Å²) < 4.78 is 6.64. The lowest BCUT2D eigenvalue weighted by Crippen LogP contribution is -2.17. The highest BCUT2D eigenvalue weighted by Crippen LogP contribution is 2.22. The number of nitrogens with one attached hydrogen (secondary N) is 1. The van der Waals surface area contributed by atoms with Crippen molar-refractivity contribution in [3.8, 4) is 17.0 Å². The van der Waals surface area contributed by atoms with E-state index in [1.165, 1.54) is 10.6 Å². The number of ether oxygens (including phenoxy) is 1. The molecular formula is C15H16N4O2. The molecule has 6 nitrogen and oxygen atoms in total. The van der Waals surface area contributed by atoms with Crippen molar-refractivity contribution >= 4 is 5.65 Å². The zero-order valence-electron chi connectivity index (χ0n) is 11.7. The summed E-state index contributed by atoms with van der Waals surface area (Å²) in [4.78, 5) is 16.5. The lowest BCUT2D eigenvalue weighted by molar-refractivity contribution is 0.415. The molecule has 2 aromatic heterocycles. The maximum absolute atomic E-state index is 12.1. The Balaban J connectivity index is 2.12. The van der Waals surface area contributed by atoms with E-state index in [2.05, 4.69) is 10.1 Å². The van der Waals surface area contributed by atoms with Gasteiger partial charge in [0.25, 0.3) is 5.56 Å². The molecule has 2 heterocycles. The molecule has 3 aromatic rings. The molecule has 0 fully saturated rings. The second kappa shape index (κ2) is 5.41. The molecule has 0 atom stereocenters. The van der Waals surface area contributed by atoms with Crippen LogP contribution in [0.15, 0.2) is 41.2 Å². The van der Waals surface area contributed by atoms with Gasteiger partial charge in [0.1, 0.15) is 5.75 Å². The van der Waals surface area contributed by atoms with Crippen LogP contribution < -0.4 is 16.0 Å². The van der Waals surface area contributed by atoms with Crippen molar-refractivity contribution < 1.29 is 4.74 Å². The Bertz CT molecular complexity index is 835. The van der Waals surface area contributed by atoms with Crippen LogP contribution >= 0.6 is 0 Å². The summed E-state index contributed by atoms with van der Waals surface area (Å²) in [6.07, 6.45) is 0.589. The fraction of sp³-hybridized carbons (Fsp3) is 0.200. The van der Waals surface area contributed by atoms with Crippen LogP contribution in [0, 0.1) is 0 Å². The summed E-state index contributed by atoms with van der Waals surface area (Å²) in [5.74, 6) is 0.760. The van der Waals surface area contributed by atoms with E-state index >= 15 is 0 Å². The van der Waals surface area contributed by atoms with Gasteiger partial charge in [-0.3, -0.25) is 9.89 Å². The van der Waals surface area contributed by atoms with Gasteiger partial charge in [-0.1, -0.05) is 12.1 Å². The molecule has 21 heavy (non-hydrogen) atoms. The second-order valence-corrected chi connectivity index (χ2v) is 4.72. The molecule has 0 spiro atoms. The van der Waals surface area contributed by atoms with Crippen LogP contribution in [0.2, 0.25) is 0 Å². The third-order valence-corrected chi connectivity index (χ3v) is 3.28. The van der Waals surface area contributed by atoms with Gasteiger partial charge >= 0.3 is 0 Å². The Morgan fingerprint density at radius 2 is 2.19 bits per heavy atom. The highest BCUT2D eigenvalue weighted by Gasteiger charge is 2.08. The third kappa shape index (κ3) is 2.53. The Morgan fingerprint density at radius 3 is 2.95 bits per heavy atom. The summed E-state index contributed by atoms with van der Waals surface area (Å²) >= 11 is 0. The van der Waals surface area contributed by atoms with Crippen molar-refractivity contribution in [2.75, 3.05) is 13.7 Å². The van der Waals surface area contributed by atoms with E-state index < -0.39 is 0 Å². The average molecular weight is 284 g/mol. The van der Waals surface area contributed by atoms with Gasteiger partial charge in [-0.2, -0.15) is 0 Å². The predicted octanol–water partition coefficient (Wildman–Crippen LogP) is 1.20. The van der Waals surface area contributed by atoms with Crippen LogP contribution in [0.1, 0.15) is 5.69 Å². The number of hydrogen-bond donors (Lipinski definition) is 2. The summed E-state index contributed by atoms with van der Waals surface area (Å²) in [6, 6.07) is 11.0. The van der Waals surface area contributed by atoms with Gasteiger partial charge < -0.3 is 10.5 Å². The number of methoxy groups -OCH3 is 1. The van der Waals surface area contributed by atoms with Crippen LogP contribution in [0.4, 0.5) is 0 Å². The van der Waals surface area contributed by atoms with Crippen LogP contribution in [-0.2, 0) is 6.42 Å². The van der Waals surface area contributed by atoms with E-state index in [-0.39, 0.29) is 5.56 Å². The standard InChI is InChI=1S/C15H16N4O2/c1-21-12-4-2-3-10(7-12)13-9-14-17-11(5-6-16)8-15(20)19(14)18-13/h2-4,7-9,18H,5-6,16H2,1H3. The molecule has 0 saturated carbocycles. The normalized spacial score (nSPS) is 11.0. The topological polar surface area (TPSA) is 85.4 Å². The number of nitrogens with zero attached hydrogens (tertiary/aromatic N) is 2. The van der Waals surface area contributed by atoms with Gasteiger partial charge in [-0.25, -0.2) is 9.50 Å². The van der Waals surface area contributed by atoms with Crippen LogP contribution in [-0.4, -0.2) is 28.3 Å². The van der Waals surface area contributed by atoms with Gasteiger partial charge in [-0.15, -0.1) is 0 Å². The molecule has 0 saturated heterocycles. The van der Waals surface area contributed by atoms with Crippen LogP contribution in [0.25, 0.3) is 16.9 Å². The van der Waals surface area contributed by atoms with Crippen LogP contribution in [0.5, 0.6) is 5.75 Å². The van der Waals surface area contributed by atoms with E-state index in [0.29, 0.717) is 24.3 Å². The second-order valence-electron chi connectivity index (χ2n) is 4.72. The number of benzene rings is 1. The van der Waals surface area contributed by atoms with Crippen molar-refractivity contribution in [1.82, 2.24) is 14.6 Å². The number of aromatic amines is 1. The monoisotopic (exact) mass is 284 g/mol. The van der Waals surface area contributed by atoms with Gasteiger partial charge in [0.05, 0.1) is 12.8 Å². The molecule has 0 bridgehead atoms. The van der Waals surface area contributed by atoms with Crippen molar-refractivity contribution in [3.63, 3.8) is 0 Å². The first-order valence-electron chi connectivity index (χ1n) is 6.67. The maximum Gasteiger partial charge on any atom is 0.272 e. The lowest BCUT2D eigenvalue weighted by atomic mass is 10.1. The number of hydrogen-bond acceptors (Lipinski definition) is 4. The molecule has 0 amide bonds. The van der Waals surface area contributed by atoms with Crippen molar-refractivity contribution in [2.45, 2.75) is 6.42 Å². The minimum absolute atomic E-state index is 0.141. The van der Waals surface area contributed by atoms with E-state index in [1.54, 1.807) is 7.11 Å². The van der Waals surface area contributed by atoms with E-state index in [0.717, 1.165) is 17.0 Å². The number of fused-ring (bicyclic) bond motifs is 1. The quantitative estimate of drug-likeness (QED) is 0.754. The molecule has 0 unspecified atom stereocenters. The van der Waals surface area contributed by atoms with Gasteiger partial charge in [0.15, 0.2) is 5.65 Å². The smallest absolute Gasteiger partial charge is 0.272 e. The number of rotatable bonds is 4. The largest absolute Gasteiger partial charge is 0.497 e. The first-order valence-corrected chi connectivity index (χ1v) is 6.67. The number of aromatic nitrogens is 3. The Morgan fingerprint density at radius 1 is 1.33 bits per heavy atom. The number of nitrogens with two attached hydrogens (primary N) is 1. The minimum Gasteiger partial charge on any atom is -0.497 e. The van der Waals surface area contributed by atoms with Crippen LogP contribution in [0.3, 0.4) is 0 Å². The molecular weight excluding hydrogens is 268 g/mol. The van der Waals surface area contributed by atoms with Gasteiger partial charge in [0, 0.05) is 29.8 Å². The maximum atomic E-state index is 12.1. The first kappa shape index (κ1) is 13.4. The lowest BCUT2D eigenvalue weighted by Gasteiger charge is -2.01. The highest BCUT2D eigenvalue weighted by molar-refractivity contribution is 5.65. The molecule has 3 rings (SSSR count). The SMILES string of the molecule is COc1cccc(-c2cc3nc(CCN)cc(=O)n3[nH]2)c1. The Labute approximate surface area is 121 Å². The molecule has 0 aliphatic rings. The van der Waals surface area contributed by atoms with Crippen molar-refractivity contribution in [3.05, 3.63) is 52.4 Å². The highest BCUT2D eigenvalue weighted by atomic mass is 16.5. The molecule has 0 radical (unpaired) electrons. The first-order chi connectivity index (χ1) is 10.2. The fourth-order valence-electron chi connectivity index (χ4n) is 2.25. The fourth-order valence-corrected chi connectivity index (χ4v) is 2.25. The summed E-state index contributed by atoms with van der Waals surface area (Å²) in [7, 11) is 1.62. The molecule has 0 aliphatic heterocycles. The van der Waals surface area contributed by atoms with Gasteiger partial charge in [-0.05, 0) is 18.7 Å². The summed E-state index contributed by atoms with van der Waals surface area (Å²) in [5.41, 5.74) is 8.40. The summed E-state index contributed by atoms with van der Waals surface area (Å²) in [6.45, 7) is 0.468. The minimum atomic E-state index is -0.141. The third-order valence-electron chi connectivity index (χ3n) is 3.28. The molecule has 3 N–H and O–H groups in total. The summed E-state index contributed by atoms with van der Waals surface area (Å²) in [5, 5.41) is 3.06. The van der Waals surface area contributed by atoms with Gasteiger partial charge in [0.2, 0.25) is 0 Å². The van der Waals surface area contributed by atoms with E-state index in [1.807, 2.05) is 30.3 Å².